The van der Waals surface area contributed by atoms with Gasteiger partial charge in [-0.15, -0.1) is 0 Å². The van der Waals surface area contributed by atoms with Gasteiger partial charge in [0.1, 0.15) is 9.52 Å². The summed E-state index contributed by atoms with van der Waals surface area (Å²) in [6.45, 7) is 0. The molecule has 0 saturated heterocycles. The second-order valence-corrected chi connectivity index (χ2v) is 6.08. The van der Waals surface area contributed by atoms with Crippen molar-refractivity contribution in [1.29, 1.82) is 0 Å². The molecule has 0 saturated carbocycles. The van der Waals surface area contributed by atoms with Crippen molar-refractivity contribution in [2.45, 2.75) is 5.54 Å². The second-order valence-electron chi connectivity index (χ2n) is 4.72. The van der Waals surface area contributed by atoms with Gasteiger partial charge in [-0.1, -0.05) is 60.7 Å². The summed E-state index contributed by atoms with van der Waals surface area (Å²) in [7, 11) is 0.449. The average Bonchev–Trinajstić information content (AvgIpc) is 3.02. The Kier molecular flexibility index (Phi) is 4.12. The average molecular weight is 290 g/mol. The summed E-state index contributed by atoms with van der Waals surface area (Å²) in [4.78, 5) is 10.8. The number of hydrogen-bond donors (Lipinski definition) is 0. The first-order valence-corrected chi connectivity index (χ1v) is 7.86. The van der Waals surface area contributed by atoms with E-state index in [9.17, 15) is 4.79 Å². The first-order valence-electron chi connectivity index (χ1n) is 6.78. The summed E-state index contributed by atoms with van der Waals surface area (Å²) in [5, 5.41) is 0.856. The normalized spacial score (nSPS) is 10.7. The Morgan fingerprint density at radius 3 is 1.86 bits per heavy atom. The van der Waals surface area contributed by atoms with Crippen LogP contribution in [0.4, 0.5) is 0 Å². The molecule has 0 bridgehead atoms. The molecular formula is C18H14O2Si. The van der Waals surface area contributed by atoms with Crippen LogP contribution in [0.3, 0.4) is 0 Å². The molecule has 3 aromatic rings. The Hall–Kier alpha value is -2.39. The van der Waals surface area contributed by atoms with Gasteiger partial charge in [-0.25, -0.2) is 0 Å². The molecule has 0 aliphatic carbocycles. The van der Waals surface area contributed by atoms with E-state index in [0.717, 1.165) is 11.7 Å². The maximum atomic E-state index is 10.8. The number of carbonyl (C=O) groups is 1. The summed E-state index contributed by atoms with van der Waals surface area (Å²) >= 11 is 0. The van der Waals surface area contributed by atoms with E-state index in [-0.39, 0.29) is 5.54 Å². The van der Waals surface area contributed by atoms with Crippen LogP contribution in [0.15, 0.2) is 77.2 Å². The molecule has 0 aliphatic heterocycles. The zero-order valence-corrected chi connectivity index (χ0v) is 12.4. The summed E-state index contributed by atoms with van der Waals surface area (Å²) in [6.07, 6.45) is 0.744. The van der Waals surface area contributed by atoms with Crippen molar-refractivity contribution in [1.82, 2.24) is 0 Å². The fourth-order valence-corrected chi connectivity index (χ4v) is 3.65. The Balaban J connectivity index is 1.94. The molecule has 0 unspecified atom stereocenters. The first-order chi connectivity index (χ1) is 10.4. The molecule has 0 N–H and O–H groups in total. The van der Waals surface area contributed by atoms with Gasteiger partial charge >= 0.3 is 0 Å². The highest BCUT2D eigenvalue weighted by molar-refractivity contribution is 6.54. The maximum absolute atomic E-state index is 10.8. The third-order valence-corrected chi connectivity index (χ3v) is 4.80. The van der Waals surface area contributed by atoms with E-state index < -0.39 is 0 Å². The van der Waals surface area contributed by atoms with E-state index in [1.165, 1.54) is 11.1 Å². The minimum Gasteiger partial charge on any atom is -0.464 e. The number of hydrogen-bond acceptors (Lipinski definition) is 2. The van der Waals surface area contributed by atoms with Crippen LogP contribution in [-0.4, -0.2) is 15.8 Å². The SMILES string of the molecule is O=Cc1ccc([Si]C(c2ccccc2)c2ccccc2)o1. The van der Waals surface area contributed by atoms with Crippen LogP contribution in [0.1, 0.15) is 27.2 Å². The Bertz CT molecular complexity index is 665. The minimum absolute atomic E-state index is 0.248. The molecule has 21 heavy (non-hydrogen) atoms. The number of rotatable bonds is 5. The van der Waals surface area contributed by atoms with Gasteiger partial charge in [-0.05, 0) is 23.3 Å². The molecule has 0 aliphatic rings. The van der Waals surface area contributed by atoms with E-state index in [0.29, 0.717) is 15.3 Å². The van der Waals surface area contributed by atoms with E-state index >= 15 is 0 Å². The summed E-state index contributed by atoms with van der Waals surface area (Å²) in [5.74, 6) is 0.386. The van der Waals surface area contributed by atoms with Crippen LogP contribution in [0.25, 0.3) is 0 Å². The van der Waals surface area contributed by atoms with Crippen molar-refractivity contribution in [2.24, 2.45) is 0 Å². The predicted octanol–water partition coefficient (Wildman–Crippen LogP) is 3.21. The molecule has 3 rings (SSSR count). The third-order valence-electron chi connectivity index (χ3n) is 3.30. The number of benzene rings is 2. The molecule has 0 spiro atoms. The number of carbonyl (C=O) groups excluding carboxylic acids is 1. The van der Waals surface area contributed by atoms with Crippen molar-refractivity contribution in [2.75, 3.05) is 0 Å². The smallest absolute Gasteiger partial charge is 0.185 e. The minimum atomic E-state index is 0.248. The van der Waals surface area contributed by atoms with Gasteiger partial charge in [-0.2, -0.15) is 0 Å². The van der Waals surface area contributed by atoms with Crippen molar-refractivity contribution in [3.8, 4) is 0 Å². The molecular weight excluding hydrogens is 276 g/mol. The number of aldehydes is 1. The van der Waals surface area contributed by atoms with E-state index in [2.05, 4.69) is 48.5 Å². The molecule has 0 fully saturated rings. The standard InChI is InChI=1S/C18H14O2Si/c19-13-16-11-12-17(20-16)21-18(14-7-3-1-4-8-14)15-9-5-2-6-10-15/h1-13,18H. The van der Waals surface area contributed by atoms with Crippen LogP contribution in [0.5, 0.6) is 0 Å². The highest BCUT2D eigenvalue weighted by Gasteiger charge is 2.18. The second kappa shape index (κ2) is 6.37. The summed E-state index contributed by atoms with van der Waals surface area (Å²) in [5.41, 5.74) is 2.76. The van der Waals surface area contributed by atoms with Gasteiger partial charge in [0.25, 0.3) is 0 Å². The molecule has 1 heterocycles. The molecule has 2 radical (unpaired) electrons. The highest BCUT2D eigenvalue weighted by atomic mass is 28.2. The molecule has 0 atom stereocenters. The maximum Gasteiger partial charge on any atom is 0.185 e. The fourth-order valence-electron chi connectivity index (χ4n) is 2.29. The van der Waals surface area contributed by atoms with Gasteiger partial charge in [0.15, 0.2) is 12.0 Å². The monoisotopic (exact) mass is 290 g/mol. The summed E-state index contributed by atoms with van der Waals surface area (Å²) in [6, 6.07) is 24.4. The van der Waals surface area contributed by atoms with Crippen LogP contribution in [0, 0.1) is 0 Å². The van der Waals surface area contributed by atoms with E-state index in [1.807, 2.05) is 18.2 Å². The van der Waals surface area contributed by atoms with Crippen molar-refractivity contribution >= 4 is 21.2 Å². The molecule has 2 nitrogen and oxygen atoms in total. The van der Waals surface area contributed by atoms with Crippen molar-refractivity contribution in [3.63, 3.8) is 0 Å². The lowest BCUT2D eigenvalue weighted by Gasteiger charge is -2.16. The Morgan fingerprint density at radius 2 is 1.38 bits per heavy atom. The molecule has 3 heteroatoms. The zero-order chi connectivity index (χ0) is 14.5. The predicted molar refractivity (Wildman–Crippen MR) is 84.2 cm³/mol. The third kappa shape index (κ3) is 3.20. The van der Waals surface area contributed by atoms with E-state index in [1.54, 1.807) is 6.07 Å². The largest absolute Gasteiger partial charge is 0.464 e. The lowest BCUT2D eigenvalue weighted by atomic mass is 10.0. The Labute approximate surface area is 126 Å². The quantitative estimate of drug-likeness (QED) is 0.533. The Morgan fingerprint density at radius 1 is 0.810 bits per heavy atom. The van der Waals surface area contributed by atoms with Gasteiger partial charge in [0.2, 0.25) is 0 Å². The topological polar surface area (TPSA) is 30.2 Å². The highest BCUT2D eigenvalue weighted by Crippen LogP contribution is 2.23. The molecule has 2 aromatic carbocycles. The van der Waals surface area contributed by atoms with Crippen molar-refractivity contribution < 1.29 is 9.21 Å². The fraction of sp³-hybridized carbons (Fsp3) is 0.0556. The van der Waals surface area contributed by atoms with Crippen LogP contribution in [-0.2, 0) is 0 Å². The van der Waals surface area contributed by atoms with Crippen LogP contribution in [0.2, 0.25) is 0 Å². The van der Waals surface area contributed by atoms with Gasteiger partial charge in [0, 0.05) is 5.54 Å². The van der Waals surface area contributed by atoms with Crippen LogP contribution < -0.4 is 5.38 Å². The summed E-state index contributed by atoms with van der Waals surface area (Å²) < 4.78 is 5.55. The van der Waals surface area contributed by atoms with Gasteiger partial charge in [-0.3, -0.25) is 4.79 Å². The number of furan rings is 1. The van der Waals surface area contributed by atoms with Gasteiger partial charge in [0.05, 0.1) is 5.38 Å². The zero-order valence-electron chi connectivity index (χ0n) is 11.4. The molecule has 0 amide bonds. The van der Waals surface area contributed by atoms with Gasteiger partial charge < -0.3 is 4.42 Å². The molecule has 102 valence electrons. The van der Waals surface area contributed by atoms with Crippen LogP contribution >= 0.6 is 0 Å². The first kappa shape index (κ1) is 13.6. The van der Waals surface area contributed by atoms with E-state index in [4.69, 9.17) is 4.42 Å². The van der Waals surface area contributed by atoms with Crippen molar-refractivity contribution in [3.05, 3.63) is 89.7 Å². The lowest BCUT2D eigenvalue weighted by molar-refractivity contribution is 0.110. The lowest BCUT2D eigenvalue weighted by Crippen LogP contribution is -2.21. The molecule has 1 aromatic heterocycles.